The molecule has 0 amide bonds. The maximum absolute atomic E-state index is 13.5. The molecule has 32 heavy (non-hydrogen) atoms. The Morgan fingerprint density at radius 1 is 1.09 bits per heavy atom. The van der Waals surface area contributed by atoms with Gasteiger partial charge in [-0.25, -0.2) is 4.79 Å². The third kappa shape index (κ3) is 3.30. The molecule has 1 aromatic carbocycles. The van der Waals surface area contributed by atoms with Crippen LogP contribution in [0.3, 0.4) is 0 Å². The lowest BCUT2D eigenvalue weighted by Crippen LogP contribution is -2.39. The number of aryl methyl sites for hydroxylation is 3. The fourth-order valence-corrected chi connectivity index (χ4v) is 4.81. The van der Waals surface area contributed by atoms with Crippen LogP contribution in [-0.2, 0) is 31.3 Å². The lowest BCUT2D eigenvalue weighted by Gasteiger charge is -2.12. The zero-order valence-electron chi connectivity index (χ0n) is 18.9. The van der Waals surface area contributed by atoms with Crippen LogP contribution in [0.15, 0.2) is 39.9 Å². The van der Waals surface area contributed by atoms with E-state index in [1.165, 1.54) is 14.7 Å². The van der Waals surface area contributed by atoms with E-state index in [2.05, 4.69) is 16.7 Å². The quantitative estimate of drug-likeness (QED) is 0.467. The minimum atomic E-state index is -0.323. The largest absolute Gasteiger partial charge is 0.376 e. The van der Waals surface area contributed by atoms with Gasteiger partial charge in [-0.05, 0) is 45.1 Å². The van der Waals surface area contributed by atoms with Gasteiger partial charge >= 0.3 is 5.69 Å². The molecule has 0 bridgehead atoms. The first-order chi connectivity index (χ1) is 15.5. The van der Waals surface area contributed by atoms with E-state index in [4.69, 9.17) is 9.72 Å². The summed E-state index contributed by atoms with van der Waals surface area (Å²) in [7, 11) is 1.69. The Kier molecular flexibility index (Phi) is 5.25. The molecule has 1 atom stereocenters. The average Bonchev–Trinajstić information content (AvgIpc) is 3.50. The normalized spacial score (nSPS) is 16.5. The molecule has 0 radical (unpaired) electrons. The molecule has 3 aromatic heterocycles. The van der Waals surface area contributed by atoms with Gasteiger partial charge < -0.3 is 9.30 Å². The first-order valence-corrected chi connectivity index (χ1v) is 11.3. The zero-order chi connectivity index (χ0) is 22.4. The van der Waals surface area contributed by atoms with Crippen molar-refractivity contribution in [2.24, 2.45) is 7.05 Å². The van der Waals surface area contributed by atoms with Crippen molar-refractivity contribution < 1.29 is 4.74 Å². The summed E-state index contributed by atoms with van der Waals surface area (Å²) in [5.41, 5.74) is 3.52. The molecule has 0 spiro atoms. The smallest absolute Gasteiger partial charge is 0.332 e. The van der Waals surface area contributed by atoms with Crippen molar-refractivity contribution in [1.82, 2.24) is 23.1 Å². The van der Waals surface area contributed by atoms with Gasteiger partial charge in [-0.15, -0.1) is 0 Å². The summed E-state index contributed by atoms with van der Waals surface area (Å²) in [6.45, 7) is 5.91. The maximum Gasteiger partial charge on any atom is 0.332 e. The summed E-state index contributed by atoms with van der Waals surface area (Å²) in [5.74, 6) is 0.694. The monoisotopic (exact) mass is 435 g/mol. The van der Waals surface area contributed by atoms with Gasteiger partial charge in [-0.3, -0.25) is 18.3 Å². The fourth-order valence-electron chi connectivity index (χ4n) is 4.81. The van der Waals surface area contributed by atoms with Crippen LogP contribution in [0.25, 0.3) is 16.9 Å². The van der Waals surface area contributed by atoms with E-state index in [0.29, 0.717) is 36.5 Å². The fraction of sp³-hybridized carbons (Fsp3) is 0.458. The molecule has 5 rings (SSSR count). The molecule has 0 saturated carbocycles. The number of hydrogen-bond donors (Lipinski definition) is 0. The Labute approximate surface area is 185 Å². The van der Waals surface area contributed by atoms with E-state index < -0.39 is 0 Å². The first kappa shape index (κ1) is 20.8. The molecule has 0 N–H and O–H groups in total. The number of benzene rings is 1. The van der Waals surface area contributed by atoms with Crippen LogP contribution in [0.1, 0.15) is 36.2 Å². The van der Waals surface area contributed by atoms with Gasteiger partial charge in [0.2, 0.25) is 5.78 Å². The second-order valence-corrected chi connectivity index (χ2v) is 8.72. The van der Waals surface area contributed by atoms with Gasteiger partial charge in [0, 0.05) is 31.6 Å². The summed E-state index contributed by atoms with van der Waals surface area (Å²) in [6.07, 6.45) is 3.77. The number of fused-ring (bicyclic) bond motifs is 3. The molecule has 168 valence electrons. The number of ether oxygens (including phenoxy) is 1. The zero-order valence-corrected chi connectivity index (χ0v) is 18.9. The van der Waals surface area contributed by atoms with Gasteiger partial charge in [-0.1, -0.05) is 30.3 Å². The van der Waals surface area contributed by atoms with Crippen molar-refractivity contribution in [3.05, 3.63) is 68.1 Å². The van der Waals surface area contributed by atoms with Crippen LogP contribution >= 0.6 is 0 Å². The van der Waals surface area contributed by atoms with E-state index >= 15 is 0 Å². The SMILES string of the molecule is Cc1c(C)n2c3c(=O)n(CCCc4ccccc4)c(=O)n(C)c3nc2n1CC1CCCO1. The van der Waals surface area contributed by atoms with Crippen LogP contribution < -0.4 is 11.2 Å². The molecule has 1 aliphatic rings. The van der Waals surface area contributed by atoms with E-state index in [1.807, 2.05) is 36.4 Å². The molecule has 1 unspecified atom stereocenters. The highest BCUT2D eigenvalue weighted by Crippen LogP contribution is 2.23. The van der Waals surface area contributed by atoms with Crippen LogP contribution in [0.2, 0.25) is 0 Å². The summed E-state index contributed by atoms with van der Waals surface area (Å²) in [4.78, 5) is 31.3. The minimum Gasteiger partial charge on any atom is -0.376 e. The number of nitrogens with zero attached hydrogens (tertiary/aromatic N) is 5. The van der Waals surface area contributed by atoms with Crippen LogP contribution in [0.4, 0.5) is 0 Å². The molecule has 4 aromatic rings. The predicted molar refractivity (Wildman–Crippen MR) is 123 cm³/mol. The second-order valence-electron chi connectivity index (χ2n) is 8.72. The average molecular weight is 436 g/mol. The van der Waals surface area contributed by atoms with Gasteiger partial charge in [0.05, 0.1) is 12.6 Å². The molecule has 0 aliphatic carbocycles. The summed E-state index contributed by atoms with van der Waals surface area (Å²) in [5, 5.41) is 0. The van der Waals surface area contributed by atoms with Crippen LogP contribution in [-0.4, -0.2) is 35.8 Å². The van der Waals surface area contributed by atoms with E-state index in [1.54, 1.807) is 7.05 Å². The van der Waals surface area contributed by atoms with Gasteiger partial charge in [-0.2, -0.15) is 4.98 Å². The Bertz CT molecular complexity index is 1400. The number of rotatable bonds is 6. The topological polar surface area (TPSA) is 75.5 Å². The van der Waals surface area contributed by atoms with Gasteiger partial charge in [0.25, 0.3) is 5.56 Å². The predicted octanol–water partition coefficient (Wildman–Crippen LogP) is 2.58. The Morgan fingerprint density at radius 3 is 2.59 bits per heavy atom. The van der Waals surface area contributed by atoms with Gasteiger partial charge in [0.1, 0.15) is 0 Å². The highest BCUT2D eigenvalue weighted by atomic mass is 16.5. The summed E-state index contributed by atoms with van der Waals surface area (Å²) < 4.78 is 12.7. The first-order valence-electron chi connectivity index (χ1n) is 11.3. The molecule has 1 saturated heterocycles. The third-order valence-electron chi connectivity index (χ3n) is 6.73. The van der Waals surface area contributed by atoms with Crippen molar-refractivity contribution in [2.45, 2.75) is 58.7 Å². The standard InChI is InChI=1S/C24H29N5O3/c1-16-17(2)29-20-21(25-23(29)28(16)15-19-12-8-14-32-19)26(3)24(31)27(22(20)30)13-7-11-18-9-5-4-6-10-18/h4-6,9-10,19H,7-8,11-15H2,1-3H3. The summed E-state index contributed by atoms with van der Waals surface area (Å²) >= 11 is 0. The molecule has 4 heterocycles. The van der Waals surface area contributed by atoms with Crippen molar-refractivity contribution in [3.63, 3.8) is 0 Å². The van der Waals surface area contributed by atoms with Crippen LogP contribution in [0, 0.1) is 13.8 Å². The third-order valence-corrected chi connectivity index (χ3v) is 6.73. The van der Waals surface area contributed by atoms with E-state index in [0.717, 1.165) is 37.3 Å². The van der Waals surface area contributed by atoms with E-state index in [-0.39, 0.29) is 17.4 Å². The Hall–Kier alpha value is -3.13. The molecule has 1 aliphatic heterocycles. The highest BCUT2D eigenvalue weighted by Gasteiger charge is 2.25. The number of imidazole rings is 2. The van der Waals surface area contributed by atoms with Crippen molar-refractivity contribution in [1.29, 1.82) is 0 Å². The van der Waals surface area contributed by atoms with Crippen molar-refractivity contribution >= 4 is 16.9 Å². The van der Waals surface area contributed by atoms with E-state index in [9.17, 15) is 9.59 Å². The minimum absolute atomic E-state index is 0.155. The Morgan fingerprint density at radius 2 is 1.88 bits per heavy atom. The number of hydrogen-bond acceptors (Lipinski definition) is 4. The van der Waals surface area contributed by atoms with Gasteiger partial charge in [0.15, 0.2) is 11.2 Å². The van der Waals surface area contributed by atoms with Crippen LogP contribution in [0.5, 0.6) is 0 Å². The molecular formula is C24H29N5O3. The lowest BCUT2D eigenvalue weighted by atomic mass is 10.1. The molecule has 8 nitrogen and oxygen atoms in total. The highest BCUT2D eigenvalue weighted by molar-refractivity contribution is 5.76. The second kappa shape index (κ2) is 8.09. The number of aromatic nitrogens is 5. The molecule has 8 heteroatoms. The van der Waals surface area contributed by atoms with Crippen molar-refractivity contribution in [3.8, 4) is 0 Å². The molecule has 1 fully saturated rings. The Balaban J connectivity index is 1.59. The van der Waals surface area contributed by atoms with Crippen molar-refractivity contribution in [2.75, 3.05) is 6.61 Å². The lowest BCUT2D eigenvalue weighted by molar-refractivity contribution is 0.0974. The maximum atomic E-state index is 13.5. The summed E-state index contributed by atoms with van der Waals surface area (Å²) in [6, 6.07) is 10.1. The molecular weight excluding hydrogens is 406 g/mol.